The number of benzene rings is 1. The molecule has 144 valence electrons. The summed E-state index contributed by atoms with van der Waals surface area (Å²) in [7, 11) is 0. The van der Waals surface area contributed by atoms with E-state index in [4.69, 9.17) is 4.74 Å². The van der Waals surface area contributed by atoms with E-state index in [0.717, 1.165) is 28.9 Å². The molecule has 0 radical (unpaired) electrons. The Morgan fingerprint density at radius 2 is 1.59 bits per heavy atom. The van der Waals surface area contributed by atoms with Crippen molar-refractivity contribution in [1.82, 2.24) is 4.90 Å². The van der Waals surface area contributed by atoms with Gasteiger partial charge in [-0.25, -0.2) is 0 Å². The van der Waals surface area contributed by atoms with Crippen LogP contribution in [-0.4, -0.2) is 41.7 Å². The number of rotatable bonds is 5. The van der Waals surface area contributed by atoms with Crippen molar-refractivity contribution in [3.05, 3.63) is 29.3 Å². The zero-order valence-corrected chi connectivity index (χ0v) is 15.6. The molecule has 3 amide bonds. The van der Waals surface area contributed by atoms with Crippen molar-refractivity contribution in [3.63, 3.8) is 0 Å². The van der Waals surface area contributed by atoms with Crippen LogP contribution in [0.4, 0.5) is 5.69 Å². The third kappa shape index (κ3) is 4.35. The van der Waals surface area contributed by atoms with E-state index in [1.807, 2.05) is 32.0 Å². The Labute approximate surface area is 158 Å². The van der Waals surface area contributed by atoms with Gasteiger partial charge in [0.2, 0.25) is 11.8 Å². The first-order chi connectivity index (χ1) is 12.8. The van der Waals surface area contributed by atoms with Gasteiger partial charge in [0.25, 0.3) is 5.91 Å². The number of imide groups is 1. The Morgan fingerprint density at radius 3 is 2.15 bits per heavy atom. The predicted octanol–water partition coefficient (Wildman–Crippen LogP) is 1.96. The summed E-state index contributed by atoms with van der Waals surface area (Å²) < 4.78 is 4.95. The van der Waals surface area contributed by atoms with Crippen LogP contribution in [0.3, 0.4) is 0 Å². The molecule has 1 aromatic rings. The minimum absolute atomic E-state index is 0.290. The highest BCUT2D eigenvalue weighted by Crippen LogP contribution is 2.37. The molecule has 27 heavy (non-hydrogen) atoms. The van der Waals surface area contributed by atoms with Crippen LogP contribution in [0.1, 0.15) is 36.8 Å². The van der Waals surface area contributed by atoms with E-state index in [1.54, 1.807) is 0 Å². The number of hydrogen-bond donors (Lipinski definition) is 1. The van der Waals surface area contributed by atoms with E-state index >= 15 is 0 Å². The van der Waals surface area contributed by atoms with Crippen molar-refractivity contribution < 1.29 is 23.9 Å². The number of nitrogens with one attached hydrogen (secondary N) is 1. The van der Waals surface area contributed by atoms with Crippen molar-refractivity contribution in [1.29, 1.82) is 0 Å². The van der Waals surface area contributed by atoms with E-state index in [0.29, 0.717) is 18.5 Å². The van der Waals surface area contributed by atoms with E-state index in [9.17, 15) is 19.2 Å². The van der Waals surface area contributed by atoms with Crippen LogP contribution >= 0.6 is 0 Å². The Kier molecular flexibility index (Phi) is 5.58. The number of carbonyl (C=O) groups is 4. The van der Waals surface area contributed by atoms with Crippen LogP contribution in [0.15, 0.2) is 18.2 Å². The monoisotopic (exact) mass is 372 g/mol. The number of likely N-dealkylation sites (tertiary alicyclic amines) is 1. The predicted molar refractivity (Wildman–Crippen MR) is 97.7 cm³/mol. The Hall–Kier alpha value is -2.70. The first kappa shape index (κ1) is 19.1. The summed E-state index contributed by atoms with van der Waals surface area (Å²) in [6.45, 7) is 2.95. The number of hydrogen-bond acceptors (Lipinski definition) is 5. The standard InChI is InChI=1S/C20H24N2O5/c1-12-7-13(2)9-14(8-12)21-17(23)11-27-18(24)10-22-19(25)15-5-3-4-6-16(15)20(22)26/h7-9,15-16H,3-6,10-11H2,1-2H3,(H,21,23)/t15-,16-/m1/s1. The molecule has 1 saturated heterocycles. The lowest BCUT2D eigenvalue weighted by atomic mass is 9.81. The first-order valence-corrected chi connectivity index (χ1v) is 9.24. The van der Waals surface area contributed by atoms with Crippen LogP contribution < -0.4 is 5.32 Å². The van der Waals surface area contributed by atoms with E-state index in [2.05, 4.69) is 5.32 Å². The summed E-state index contributed by atoms with van der Waals surface area (Å²) in [4.78, 5) is 49.7. The van der Waals surface area contributed by atoms with Crippen LogP contribution in [0.2, 0.25) is 0 Å². The van der Waals surface area contributed by atoms with Gasteiger partial charge in [-0.1, -0.05) is 18.9 Å². The molecular formula is C20H24N2O5. The number of fused-ring (bicyclic) bond motifs is 1. The molecule has 1 saturated carbocycles. The number of nitrogens with zero attached hydrogens (tertiary/aromatic N) is 1. The lowest BCUT2D eigenvalue weighted by molar-refractivity contribution is -0.154. The molecule has 0 spiro atoms. The molecule has 2 fully saturated rings. The molecule has 1 N–H and O–H groups in total. The largest absolute Gasteiger partial charge is 0.454 e. The maximum atomic E-state index is 12.3. The second kappa shape index (κ2) is 7.90. The molecule has 2 aliphatic rings. The molecule has 0 aromatic heterocycles. The molecule has 1 aliphatic heterocycles. The van der Waals surface area contributed by atoms with E-state index < -0.39 is 25.0 Å². The molecule has 7 nitrogen and oxygen atoms in total. The smallest absolute Gasteiger partial charge is 0.326 e. The number of amides is 3. The number of aryl methyl sites for hydroxylation is 2. The second-order valence-electron chi connectivity index (χ2n) is 7.35. The summed E-state index contributed by atoms with van der Waals surface area (Å²) >= 11 is 0. The molecule has 1 heterocycles. The van der Waals surface area contributed by atoms with Crippen LogP contribution in [-0.2, 0) is 23.9 Å². The zero-order valence-electron chi connectivity index (χ0n) is 15.6. The molecule has 1 aliphatic carbocycles. The van der Waals surface area contributed by atoms with Gasteiger partial charge in [-0.15, -0.1) is 0 Å². The fraction of sp³-hybridized carbons (Fsp3) is 0.500. The van der Waals surface area contributed by atoms with Crippen LogP contribution in [0.25, 0.3) is 0 Å². The molecular weight excluding hydrogens is 348 g/mol. The molecule has 7 heteroatoms. The maximum absolute atomic E-state index is 12.3. The highest BCUT2D eigenvalue weighted by molar-refractivity contribution is 6.07. The SMILES string of the molecule is Cc1cc(C)cc(NC(=O)COC(=O)CN2C(=O)[C@@H]3CCCC[C@H]3C2=O)c1. The van der Waals surface area contributed by atoms with Gasteiger partial charge < -0.3 is 10.1 Å². The number of carbonyl (C=O) groups excluding carboxylic acids is 4. The van der Waals surface area contributed by atoms with Crippen molar-refractivity contribution in [3.8, 4) is 0 Å². The summed E-state index contributed by atoms with van der Waals surface area (Å²) in [5, 5.41) is 2.67. The van der Waals surface area contributed by atoms with Gasteiger partial charge >= 0.3 is 5.97 Å². The number of esters is 1. The summed E-state index contributed by atoms with van der Waals surface area (Å²) in [5.41, 5.74) is 2.65. The molecule has 3 rings (SSSR count). The van der Waals surface area contributed by atoms with E-state index in [1.165, 1.54) is 0 Å². The second-order valence-corrected chi connectivity index (χ2v) is 7.35. The fourth-order valence-corrected chi connectivity index (χ4v) is 3.95. The summed E-state index contributed by atoms with van der Waals surface area (Å²) in [6.07, 6.45) is 3.24. The summed E-state index contributed by atoms with van der Waals surface area (Å²) in [5.74, 6) is -2.41. The van der Waals surface area contributed by atoms with Gasteiger partial charge in [-0.05, 0) is 49.9 Å². The van der Waals surface area contributed by atoms with Crippen LogP contribution in [0.5, 0.6) is 0 Å². The third-order valence-corrected chi connectivity index (χ3v) is 5.09. The molecule has 1 aromatic carbocycles. The lowest BCUT2D eigenvalue weighted by Gasteiger charge is -2.19. The maximum Gasteiger partial charge on any atom is 0.326 e. The average Bonchev–Trinajstić information content (AvgIpc) is 2.84. The summed E-state index contributed by atoms with van der Waals surface area (Å²) in [6, 6.07) is 5.61. The van der Waals surface area contributed by atoms with Gasteiger partial charge in [0, 0.05) is 5.69 Å². The van der Waals surface area contributed by atoms with Crippen LogP contribution in [0, 0.1) is 25.7 Å². The first-order valence-electron chi connectivity index (χ1n) is 9.24. The molecule has 0 unspecified atom stereocenters. The quantitative estimate of drug-likeness (QED) is 0.630. The highest BCUT2D eigenvalue weighted by Gasteiger charge is 2.48. The highest BCUT2D eigenvalue weighted by atomic mass is 16.5. The normalized spacial score (nSPS) is 21.8. The lowest BCUT2D eigenvalue weighted by Crippen LogP contribution is -2.37. The van der Waals surface area contributed by atoms with Crippen molar-refractivity contribution in [2.24, 2.45) is 11.8 Å². The minimum Gasteiger partial charge on any atom is -0.454 e. The number of anilines is 1. The molecule has 0 bridgehead atoms. The van der Waals surface area contributed by atoms with Crippen molar-refractivity contribution >= 4 is 29.4 Å². The average molecular weight is 372 g/mol. The minimum atomic E-state index is -0.758. The van der Waals surface area contributed by atoms with Crippen molar-refractivity contribution in [2.75, 3.05) is 18.5 Å². The van der Waals surface area contributed by atoms with Gasteiger partial charge in [0.1, 0.15) is 6.54 Å². The molecule has 2 atom stereocenters. The van der Waals surface area contributed by atoms with E-state index in [-0.39, 0.29) is 23.7 Å². The Balaban J connectivity index is 1.50. The van der Waals surface area contributed by atoms with Gasteiger partial charge in [0.15, 0.2) is 6.61 Å². The van der Waals surface area contributed by atoms with Gasteiger partial charge in [-0.3, -0.25) is 24.1 Å². The third-order valence-electron chi connectivity index (χ3n) is 5.09. The number of ether oxygens (including phenoxy) is 1. The van der Waals surface area contributed by atoms with Crippen molar-refractivity contribution in [2.45, 2.75) is 39.5 Å². The Morgan fingerprint density at radius 1 is 1.04 bits per heavy atom. The van der Waals surface area contributed by atoms with Gasteiger partial charge in [-0.2, -0.15) is 0 Å². The zero-order chi connectivity index (χ0) is 19.6. The Bertz CT molecular complexity index is 744. The fourth-order valence-electron chi connectivity index (χ4n) is 3.95. The van der Waals surface area contributed by atoms with Gasteiger partial charge in [0.05, 0.1) is 11.8 Å². The topological polar surface area (TPSA) is 92.8 Å².